The second-order valence-corrected chi connectivity index (χ2v) is 12.1. The maximum Gasteiger partial charge on any atom is 0.246 e. The molecule has 2 fully saturated rings. The van der Waals surface area contributed by atoms with E-state index < -0.39 is 5.82 Å². The van der Waals surface area contributed by atoms with Crippen LogP contribution in [0.25, 0.3) is 16.7 Å². The molecule has 240 valence electrons. The number of carbonyl (C=O) groups excluding carboxylic acids is 1. The number of aryl methyl sites for hydroxylation is 1. The van der Waals surface area contributed by atoms with Crippen LogP contribution in [-0.2, 0) is 4.79 Å². The van der Waals surface area contributed by atoms with Crippen molar-refractivity contribution in [3.05, 3.63) is 72.7 Å². The molecule has 47 heavy (non-hydrogen) atoms. The lowest BCUT2D eigenvalue weighted by Gasteiger charge is -2.39. The Morgan fingerprint density at radius 1 is 1.13 bits per heavy atom. The van der Waals surface area contributed by atoms with Crippen molar-refractivity contribution in [1.29, 1.82) is 0 Å². The quantitative estimate of drug-likeness (QED) is 0.271. The van der Waals surface area contributed by atoms with Crippen LogP contribution < -0.4 is 19.7 Å². The van der Waals surface area contributed by atoms with E-state index in [1.807, 2.05) is 24.0 Å². The summed E-state index contributed by atoms with van der Waals surface area (Å²) in [5.74, 6) is 1.98. The number of pyridine rings is 2. The topological polar surface area (TPSA) is 126 Å². The highest BCUT2D eigenvalue weighted by molar-refractivity contribution is 5.91. The number of nitrogens with one attached hydrogen (secondary N) is 1. The highest BCUT2D eigenvalue weighted by Gasteiger charge is 2.35. The number of rotatable bonds is 6. The van der Waals surface area contributed by atoms with Crippen molar-refractivity contribution in [3.8, 4) is 17.2 Å². The molecule has 7 heterocycles. The van der Waals surface area contributed by atoms with Crippen LogP contribution in [0.15, 0.2) is 61.3 Å². The monoisotopic (exact) mass is 636 g/mol. The van der Waals surface area contributed by atoms with Gasteiger partial charge >= 0.3 is 0 Å². The second-order valence-electron chi connectivity index (χ2n) is 12.1. The summed E-state index contributed by atoms with van der Waals surface area (Å²) in [6.45, 7) is 4.99. The first-order valence-corrected chi connectivity index (χ1v) is 15.7. The van der Waals surface area contributed by atoms with Gasteiger partial charge in [-0.05, 0) is 51.1 Å². The molecule has 14 heteroatoms. The van der Waals surface area contributed by atoms with Crippen LogP contribution in [0, 0.1) is 12.7 Å². The Labute approximate surface area is 269 Å². The molecule has 3 aliphatic heterocycles. The molecule has 0 spiro atoms. The lowest BCUT2D eigenvalue weighted by atomic mass is 10.1. The van der Waals surface area contributed by atoms with Gasteiger partial charge in [0.1, 0.15) is 42.1 Å². The van der Waals surface area contributed by atoms with Gasteiger partial charge in [0, 0.05) is 56.1 Å². The highest BCUT2D eigenvalue weighted by atomic mass is 19.1. The molecule has 2 saturated heterocycles. The van der Waals surface area contributed by atoms with E-state index >= 15 is 4.39 Å². The van der Waals surface area contributed by atoms with Gasteiger partial charge in [-0.15, -0.1) is 0 Å². The molecule has 8 rings (SSSR count). The normalized spacial score (nSPS) is 19.6. The first-order chi connectivity index (χ1) is 22.9. The minimum absolute atomic E-state index is 0.00473. The van der Waals surface area contributed by atoms with Crippen LogP contribution in [0.4, 0.5) is 21.7 Å². The van der Waals surface area contributed by atoms with E-state index in [1.165, 1.54) is 18.7 Å². The number of fused-ring (bicyclic) bond motifs is 6. The van der Waals surface area contributed by atoms with Gasteiger partial charge in [-0.2, -0.15) is 5.10 Å². The molecule has 0 saturated carbocycles. The van der Waals surface area contributed by atoms with Crippen molar-refractivity contribution < 1.29 is 18.7 Å². The van der Waals surface area contributed by atoms with Gasteiger partial charge in [0.15, 0.2) is 23.0 Å². The lowest BCUT2D eigenvalue weighted by Crippen LogP contribution is -2.56. The van der Waals surface area contributed by atoms with E-state index in [1.54, 1.807) is 35.0 Å². The standard InChI is InChI=1S/C33H33FN10O3/c1-20-12-25(24(34)14-27(20)47-23-7-9-44-29(13-23)36-19-38-44)39-32-31-26(35-18-37-32)15-28-33(40-31)42-10-11-43(22(16-42)17-46-28)30(45)6-5-21-4-3-8-41(21)2/h5-7,9,12-15,18-19,21-22H,3-4,8,10-11,16-17H2,1-2H3,(H,35,37,39)/b6-5+/t21-,22+/m1/s1. The first-order valence-electron chi connectivity index (χ1n) is 15.7. The summed E-state index contributed by atoms with van der Waals surface area (Å²) in [6, 6.07) is 8.49. The Morgan fingerprint density at radius 2 is 2.04 bits per heavy atom. The maximum atomic E-state index is 15.5. The van der Waals surface area contributed by atoms with Gasteiger partial charge in [0.2, 0.25) is 5.91 Å². The van der Waals surface area contributed by atoms with Crippen molar-refractivity contribution in [2.45, 2.75) is 31.8 Å². The van der Waals surface area contributed by atoms with E-state index in [0.29, 0.717) is 83.4 Å². The predicted octanol–water partition coefficient (Wildman–Crippen LogP) is 4.11. The number of hydrogen-bond donors (Lipinski definition) is 1. The van der Waals surface area contributed by atoms with Crippen LogP contribution in [0.1, 0.15) is 18.4 Å². The van der Waals surface area contributed by atoms with E-state index in [4.69, 9.17) is 14.5 Å². The van der Waals surface area contributed by atoms with E-state index in [0.717, 1.165) is 19.4 Å². The van der Waals surface area contributed by atoms with Crippen molar-refractivity contribution in [1.82, 2.24) is 39.3 Å². The highest BCUT2D eigenvalue weighted by Crippen LogP contribution is 2.37. The fourth-order valence-electron chi connectivity index (χ4n) is 6.50. The van der Waals surface area contributed by atoms with Gasteiger partial charge < -0.3 is 24.6 Å². The number of nitrogens with zero attached hydrogens (tertiary/aromatic N) is 9. The molecular weight excluding hydrogens is 603 g/mol. The summed E-state index contributed by atoms with van der Waals surface area (Å²) >= 11 is 0. The number of anilines is 3. The largest absolute Gasteiger partial charge is 0.487 e. The third-order valence-electron chi connectivity index (χ3n) is 9.09. The van der Waals surface area contributed by atoms with Gasteiger partial charge in [-0.1, -0.05) is 6.08 Å². The molecule has 0 radical (unpaired) electrons. The van der Waals surface area contributed by atoms with Crippen molar-refractivity contribution in [3.63, 3.8) is 0 Å². The number of aromatic nitrogens is 6. The molecule has 1 aromatic carbocycles. The molecule has 13 nitrogen and oxygen atoms in total. The van der Waals surface area contributed by atoms with Crippen LogP contribution in [0.5, 0.6) is 17.2 Å². The molecular formula is C33H33FN10O3. The Hall–Kier alpha value is -5.37. The van der Waals surface area contributed by atoms with E-state index in [2.05, 4.69) is 42.2 Å². The third-order valence-corrected chi connectivity index (χ3v) is 9.09. The van der Waals surface area contributed by atoms with Gasteiger partial charge in [-0.25, -0.2) is 28.8 Å². The molecule has 0 aliphatic carbocycles. The Morgan fingerprint density at radius 3 is 2.91 bits per heavy atom. The number of ether oxygens (including phenoxy) is 2. The van der Waals surface area contributed by atoms with Crippen molar-refractivity contribution in [2.24, 2.45) is 0 Å². The average Bonchev–Trinajstić information content (AvgIpc) is 3.69. The van der Waals surface area contributed by atoms with Crippen molar-refractivity contribution >= 4 is 39.9 Å². The zero-order valence-corrected chi connectivity index (χ0v) is 26.0. The first kappa shape index (κ1) is 29.1. The zero-order chi connectivity index (χ0) is 32.1. The third kappa shape index (κ3) is 5.54. The fourth-order valence-corrected chi connectivity index (χ4v) is 6.50. The van der Waals surface area contributed by atoms with Crippen LogP contribution >= 0.6 is 0 Å². The number of likely N-dealkylation sites (tertiary alicyclic amines) is 1. The molecule has 4 aromatic heterocycles. The summed E-state index contributed by atoms with van der Waals surface area (Å²) in [7, 11) is 2.09. The molecule has 2 bridgehead atoms. The zero-order valence-electron chi connectivity index (χ0n) is 26.0. The summed E-state index contributed by atoms with van der Waals surface area (Å²) in [5.41, 5.74) is 2.59. The van der Waals surface area contributed by atoms with E-state index in [-0.39, 0.29) is 17.6 Å². The molecule has 0 unspecified atom stereocenters. The number of amides is 1. The molecule has 5 aromatic rings. The second kappa shape index (κ2) is 11.8. The SMILES string of the molecule is Cc1cc(Nc2ncnc3cc4c(nc23)N2CCN(C(=O)/C=C/[C@H]3CCCN3C)[C@H](CO4)C2)c(F)cc1Oc1ccn2ncnc2c1. The van der Waals surface area contributed by atoms with Crippen LogP contribution in [0.3, 0.4) is 0 Å². The molecule has 3 aliphatic rings. The predicted molar refractivity (Wildman–Crippen MR) is 173 cm³/mol. The minimum Gasteiger partial charge on any atom is -0.487 e. The number of piperazine rings is 1. The average molecular weight is 637 g/mol. The molecule has 2 atom stereocenters. The fraction of sp³-hybridized carbons (Fsp3) is 0.333. The minimum atomic E-state index is -0.517. The summed E-state index contributed by atoms with van der Waals surface area (Å²) in [4.78, 5) is 37.5. The van der Waals surface area contributed by atoms with Gasteiger partial charge in [-0.3, -0.25) is 9.69 Å². The Balaban J connectivity index is 1.02. The lowest BCUT2D eigenvalue weighted by molar-refractivity contribution is -0.129. The Kier molecular flexibility index (Phi) is 7.28. The van der Waals surface area contributed by atoms with Gasteiger partial charge in [0.25, 0.3) is 0 Å². The van der Waals surface area contributed by atoms with Gasteiger partial charge in [0.05, 0.1) is 17.2 Å². The summed E-state index contributed by atoms with van der Waals surface area (Å²) in [6.07, 6.45) is 10.6. The number of likely N-dealkylation sites (N-methyl/N-ethyl adjacent to an activating group) is 1. The number of carbonyl (C=O) groups is 1. The molecule has 1 amide bonds. The Bertz CT molecular complexity index is 2030. The summed E-state index contributed by atoms with van der Waals surface area (Å²) < 4.78 is 29.3. The van der Waals surface area contributed by atoms with Crippen LogP contribution in [-0.4, -0.2) is 97.2 Å². The number of halogens is 1. The van der Waals surface area contributed by atoms with E-state index in [9.17, 15) is 4.79 Å². The smallest absolute Gasteiger partial charge is 0.246 e. The molecule has 1 N–H and O–H groups in total. The van der Waals surface area contributed by atoms with Crippen LogP contribution in [0.2, 0.25) is 0 Å². The maximum absolute atomic E-state index is 15.5. The summed E-state index contributed by atoms with van der Waals surface area (Å²) in [5, 5.41) is 7.20. The number of benzene rings is 1. The number of hydrogen-bond acceptors (Lipinski definition) is 11. The van der Waals surface area contributed by atoms with Crippen molar-refractivity contribution in [2.75, 3.05) is 50.1 Å².